The van der Waals surface area contributed by atoms with Gasteiger partial charge in [0.1, 0.15) is 5.82 Å². The molecule has 36 heavy (non-hydrogen) atoms. The number of rotatable bonds is 7. The highest BCUT2D eigenvalue weighted by atomic mass is 16.2. The van der Waals surface area contributed by atoms with Crippen molar-refractivity contribution in [3.63, 3.8) is 0 Å². The molecule has 1 fully saturated rings. The van der Waals surface area contributed by atoms with E-state index in [2.05, 4.69) is 96.4 Å². The third-order valence-corrected chi connectivity index (χ3v) is 7.45. The number of nitrogens with zero attached hydrogens (tertiary/aromatic N) is 3. The SMILES string of the molecule is CCCCc1ccc(N2CC(c3nc4ccccc4n3Cc3cccc4ccccc34)CC2=O)cc1. The summed E-state index contributed by atoms with van der Waals surface area (Å²) in [4.78, 5) is 20.2. The van der Waals surface area contributed by atoms with E-state index in [0.717, 1.165) is 35.5 Å². The number of imidazole rings is 1. The molecule has 6 rings (SSSR count). The van der Waals surface area contributed by atoms with Crippen LogP contribution in [0.4, 0.5) is 5.69 Å². The van der Waals surface area contributed by atoms with Gasteiger partial charge in [0.25, 0.3) is 0 Å². The normalized spacial score (nSPS) is 15.9. The van der Waals surface area contributed by atoms with E-state index in [9.17, 15) is 4.79 Å². The van der Waals surface area contributed by atoms with E-state index in [1.807, 2.05) is 11.0 Å². The lowest BCUT2D eigenvalue weighted by Crippen LogP contribution is -2.24. The molecular weight excluding hydrogens is 442 g/mol. The number of hydrogen-bond acceptors (Lipinski definition) is 2. The molecule has 4 nitrogen and oxygen atoms in total. The molecule has 0 saturated carbocycles. The highest BCUT2D eigenvalue weighted by Crippen LogP contribution is 2.34. The maximum atomic E-state index is 13.2. The first-order valence-corrected chi connectivity index (χ1v) is 13.0. The molecule has 2 heterocycles. The fourth-order valence-electron chi connectivity index (χ4n) is 5.53. The predicted octanol–water partition coefficient (Wildman–Crippen LogP) is 7.10. The lowest BCUT2D eigenvalue weighted by Gasteiger charge is -2.18. The van der Waals surface area contributed by atoms with Crippen LogP contribution in [0.25, 0.3) is 21.8 Å². The van der Waals surface area contributed by atoms with Crippen LogP contribution in [0.3, 0.4) is 0 Å². The lowest BCUT2D eigenvalue weighted by atomic mass is 10.0. The van der Waals surface area contributed by atoms with E-state index in [-0.39, 0.29) is 11.8 Å². The number of para-hydroxylation sites is 2. The van der Waals surface area contributed by atoms with Gasteiger partial charge in [0.15, 0.2) is 0 Å². The van der Waals surface area contributed by atoms with Crippen molar-refractivity contribution in [1.29, 1.82) is 0 Å². The van der Waals surface area contributed by atoms with Crippen LogP contribution in [0, 0.1) is 0 Å². The van der Waals surface area contributed by atoms with Crippen molar-refractivity contribution >= 4 is 33.4 Å². The molecular formula is C32H31N3O. The zero-order valence-electron chi connectivity index (χ0n) is 20.7. The van der Waals surface area contributed by atoms with Crippen LogP contribution in [0.15, 0.2) is 91.0 Å². The van der Waals surface area contributed by atoms with Gasteiger partial charge in [0, 0.05) is 31.1 Å². The van der Waals surface area contributed by atoms with Crippen LogP contribution >= 0.6 is 0 Å². The summed E-state index contributed by atoms with van der Waals surface area (Å²) in [6.45, 7) is 3.60. The molecule has 180 valence electrons. The third kappa shape index (κ3) is 4.17. The Bertz CT molecular complexity index is 1530. The number of amides is 1. The van der Waals surface area contributed by atoms with E-state index in [1.54, 1.807) is 0 Å². The van der Waals surface area contributed by atoms with Crippen molar-refractivity contribution in [2.45, 2.75) is 45.1 Å². The van der Waals surface area contributed by atoms with Gasteiger partial charge in [-0.05, 0) is 59.0 Å². The first kappa shape index (κ1) is 22.5. The van der Waals surface area contributed by atoms with Crippen molar-refractivity contribution in [2.24, 2.45) is 0 Å². The molecule has 1 aliphatic heterocycles. The molecule has 4 heteroatoms. The minimum Gasteiger partial charge on any atom is -0.323 e. The molecule has 1 amide bonds. The maximum Gasteiger partial charge on any atom is 0.227 e. The summed E-state index contributed by atoms with van der Waals surface area (Å²) < 4.78 is 2.33. The first-order valence-electron chi connectivity index (χ1n) is 13.0. The van der Waals surface area contributed by atoms with E-state index < -0.39 is 0 Å². The van der Waals surface area contributed by atoms with E-state index >= 15 is 0 Å². The smallest absolute Gasteiger partial charge is 0.227 e. The predicted molar refractivity (Wildman–Crippen MR) is 148 cm³/mol. The Kier molecular flexibility index (Phi) is 6.02. The second-order valence-corrected chi connectivity index (χ2v) is 9.86. The molecule has 4 aromatic carbocycles. The molecule has 0 radical (unpaired) electrons. The van der Waals surface area contributed by atoms with E-state index in [1.165, 1.54) is 34.7 Å². The average Bonchev–Trinajstić information content (AvgIpc) is 3.48. The van der Waals surface area contributed by atoms with Crippen LogP contribution in [0.5, 0.6) is 0 Å². The molecule has 1 atom stereocenters. The van der Waals surface area contributed by atoms with Crippen molar-refractivity contribution in [1.82, 2.24) is 9.55 Å². The molecule has 5 aromatic rings. The molecule has 1 unspecified atom stereocenters. The lowest BCUT2D eigenvalue weighted by molar-refractivity contribution is -0.117. The molecule has 0 spiro atoms. The molecule has 0 aliphatic carbocycles. The van der Waals surface area contributed by atoms with Crippen LogP contribution in [-0.2, 0) is 17.8 Å². The van der Waals surface area contributed by atoms with Crippen molar-refractivity contribution in [3.05, 3.63) is 108 Å². The van der Waals surface area contributed by atoms with E-state index in [4.69, 9.17) is 4.98 Å². The summed E-state index contributed by atoms with van der Waals surface area (Å²) in [6.07, 6.45) is 3.95. The first-order chi connectivity index (χ1) is 17.7. The fraction of sp³-hybridized carbons (Fsp3) is 0.250. The Morgan fingerprint density at radius 2 is 1.67 bits per heavy atom. The number of unbranched alkanes of at least 4 members (excludes halogenated alkanes) is 1. The third-order valence-electron chi connectivity index (χ3n) is 7.45. The quantitative estimate of drug-likeness (QED) is 0.253. The number of hydrogen-bond donors (Lipinski definition) is 0. The Morgan fingerprint density at radius 3 is 2.53 bits per heavy atom. The second-order valence-electron chi connectivity index (χ2n) is 9.86. The summed E-state index contributed by atoms with van der Waals surface area (Å²) in [6, 6.07) is 31.9. The molecule has 0 N–H and O–H groups in total. The summed E-state index contributed by atoms with van der Waals surface area (Å²) in [5, 5.41) is 2.50. The van der Waals surface area contributed by atoms with Gasteiger partial charge in [-0.25, -0.2) is 4.98 Å². The summed E-state index contributed by atoms with van der Waals surface area (Å²) in [5.41, 5.74) is 5.69. The summed E-state index contributed by atoms with van der Waals surface area (Å²) in [5.74, 6) is 1.23. The van der Waals surface area contributed by atoms with Crippen molar-refractivity contribution in [2.75, 3.05) is 11.4 Å². The molecule has 0 bridgehead atoms. The second kappa shape index (κ2) is 9.62. The summed E-state index contributed by atoms with van der Waals surface area (Å²) in [7, 11) is 0. The Morgan fingerprint density at radius 1 is 0.889 bits per heavy atom. The number of aromatic nitrogens is 2. The molecule has 1 aliphatic rings. The fourth-order valence-corrected chi connectivity index (χ4v) is 5.53. The van der Waals surface area contributed by atoms with E-state index in [0.29, 0.717) is 13.0 Å². The zero-order chi connectivity index (χ0) is 24.5. The van der Waals surface area contributed by atoms with Gasteiger partial charge < -0.3 is 9.47 Å². The number of carbonyl (C=O) groups excluding carboxylic acids is 1. The summed E-state index contributed by atoms with van der Waals surface area (Å²) >= 11 is 0. The minimum atomic E-state index is 0.0552. The van der Waals surface area contributed by atoms with Gasteiger partial charge in [-0.2, -0.15) is 0 Å². The van der Waals surface area contributed by atoms with Gasteiger partial charge in [0.05, 0.1) is 11.0 Å². The maximum absolute atomic E-state index is 13.2. The highest BCUT2D eigenvalue weighted by Gasteiger charge is 2.35. The molecule has 1 saturated heterocycles. The van der Waals surface area contributed by atoms with Crippen molar-refractivity contribution in [3.8, 4) is 0 Å². The Labute approximate surface area is 212 Å². The number of aryl methyl sites for hydroxylation is 1. The van der Waals surface area contributed by atoms with Gasteiger partial charge >= 0.3 is 0 Å². The number of carbonyl (C=O) groups is 1. The Balaban J connectivity index is 1.34. The number of anilines is 1. The highest BCUT2D eigenvalue weighted by molar-refractivity contribution is 5.96. The monoisotopic (exact) mass is 473 g/mol. The molecule has 1 aromatic heterocycles. The largest absolute Gasteiger partial charge is 0.323 e. The topological polar surface area (TPSA) is 38.1 Å². The van der Waals surface area contributed by atoms with Crippen LogP contribution in [-0.4, -0.2) is 22.0 Å². The zero-order valence-corrected chi connectivity index (χ0v) is 20.7. The van der Waals surface area contributed by atoms with Crippen molar-refractivity contribution < 1.29 is 4.79 Å². The standard InChI is InChI=1S/C32H31N3O/c1-2-3-9-23-16-18-27(19-17-23)34-22-26(20-31(34)36)32-33-29-14-6-7-15-30(29)35(32)21-25-12-8-11-24-10-4-5-13-28(24)25/h4-8,10-19,26H,2-3,9,20-22H2,1H3. The van der Waals surface area contributed by atoms with Gasteiger partial charge in [0.2, 0.25) is 5.91 Å². The van der Waals surface area contributed by atoms with Crippen LogP contribution < -0.4 is 4.90 Å². The van der Waals surface area contributed by atoms with Gasteiger partial charge in [-0.1, -0.05) is 80.1 Å². The van der Waals surface area contributed by atoms with Crippen LogP contribution in [0.1, 0.15) is 49.1 Å². The van der Waals surface area contributed by atoms with Crippen LogP contribution in [0.2, 0.25) is 0 Å². The number of fused-ring (bicyclic) bond motifs is 2. The van der Waals surface area contributed by atoms with Gasteiger partial charge in [-0.15, -0.1) is 0 Å². The van der Waals surface area contributed by atoms with Gasteiger partial charge in [-0.3, -0.25) is 4.79 Å². The Hall–Kier alpha value is -3.92. The number of benzene rings is 4. The average molecular weight is 474 g/mol. The minimum absolute atomic E-state index is 0.0552.